The van der Waals surface area contributed by atoms with Gasteiger partial charge in [0, 0.05) is 54.9 Å². The van der Waals surface area contributed by atoms with E-state index in [1.807, 2.05) is 54.6 Å². The summed E-state index contributed by atoms with van der Waals surface area (Å²) in [5, 5.41) is 20.6. The van der Waals surface area contributed by atoms with E-state index < -0.39 is 41.1 Å². The fourth-order valence-corrected chi connectivity index (χ4v) is 11.7. The van der Waals surface area contributed by atoms with Gasteiger partial charge in [0.05, 0.1) is 107 Å². The van der Waals surface area contributed by atoms with Crippen LogP contribution in [0.15, 0.2) is 65.5 Å². The summed E-state index contributed by atoms with van der Waals surface area (Å²) >= 11 is 0. The molecule has 84 heavy (non-hydrogen) atoms. The van der Waals surface area contributed by atoms with Gasteiger partial charge in [-0.3, -0.25) is 28.8 Å². The number of hydrogen-bond donors (Lipinski definition) is 4. The van der Waals surface area contributed by atoms with Gasteiger partial charge in [0.15, 0.2) is 5.60 Å². The van der Waals surface area contributed by atoms with Crippen molar-refractivity contribution in [2.75, 3.05) is 84.0 Å². The second kappa shape index (κ2) is 26.9. The van der Waals surface area contributed by atoms with Gasteiger partial charge in [-0.2, -0.15) is 0 Å². The minimum Gasteiger partial charge on any atom is -0.458 e. The lowest BCUT2D eigenvalue weighted by molar-refractivity contribution is -0.172. The molecule has 0 radical (unpaired) electrons. The van der Waals surface area contributed by atoms with Gasteiger partial charge in [0.2, 0.25) is 29.5 Å². The summed E-state index contributed by atoms with van der Waals surface area (Å²) < 4.78 is 50.4. The third kappa shape index (κ3) is 13.0. The van der Waals surface area contributed by atoms with Crippen LogP contribution in [0.25, 0.3) is 34.4 Å². The van der Waals surface area contributed by atoms with E-state index in [2.05, 4.69) is 22.0 Å². The quantitative estimate of drug-likeness (QED) is 0.0445. The molecule has 5 aromatic rings. The summed E-state index contributed by atoms with van der Waals surface area (Å²) in [6.45, 7) is 5.86. The van der Waals surface area contributed by atoms with Crippen molar-refractivity contribution in [3.63, 3.8) is 0 Å². The number of ether oxygens (including phenoxy) is 6. The highest BCUT2D eigenvalue weighted by molar-refractivity contribution is 5.99. The molecular weight excluding hydrogens is 1090 g/mol. The normalized spacial score (nSPS) is 18.6. The minimum atomic E-state index is -2.03. The summed E-state index contributed by atoms with van der Waals surface area (Å²) in [5.41, 5.74) is 5.41. The Kier molecular flexibility index (Phi) is 19.0. The molecule has 444 valence electrons. The molecule has 10 rings (SSSR count). The number of amides is 5. The highest BCUT2D eigenvalue weighted by Gasteiger charge is 2.46. The Labute approximate surface area is 484 Å². The van der Waals surface area contributed by atoms with E-state index in [4.69, 9.17) is 33.4 Å². The first-order valence-corrected chi connectivity index (χ1v) is 28.8. The maximum absolute atomic E-state index is 15.4. The smallest absolute Gasteiger partial charge is 0.343 e. The van der Waals surface area contributed by atoms with Crippen molar-refractivity contribution >= 4 is 64.2 Å². The molecule has 21 nitrogen and oxygen atoms in total. The number of aliphatic hydroxyl groups is 1. The number of pyridine rings is 2. The van der Waals surface area contributed by atoms with Crippen molar-refractivity contribution in [3.05, 3.63) is 127 Å². The lowest BCUT2D eigenvalue weighted by Crippen LogP contribution is -2.44. The summed E-state index contributed by atoms with van der Waals surface area (Å²) in [5.74, 6) is -2.82. The first-order chi connectivity index (χ1) is 40.7. The number of cyclic esters (lactones) is 1. The molecule has 1 aliphatic carbocycles. The first kappa shape index (κ1) is 59.4. The Morgan fingerprint density at radius 3 is 2.26 bits per heavy atom. The average molecular weight is 1160 g/mol. The van der Waals surface area contributed by atoms with E-state index in [9.17, 15) is 38.7 Å². The van der Waals surface area contributed by atoms with Gasteiger partial charge in [-0.1, -0.05) is 61.5 Å². The number of carbonyl (C=O) groups is 6. The van der Waals surface area contributed by atoms with Gasteiger partial charge in [0.1, 0.15) is 25.3 Å². The number of nitrogens with one attached hydrogen (secondary N) is 3. The van der Waals surface area contributed by atoms with Gasteiger partial charge >= 0.3 is 5.97 Å². The number of aromatic nitrogens is 2. The van der Waals surface area contributed by atoms with Crippen LogP contribution in [0.2, 0.25) is 0 Å². The van der Waals surface area contributed by atoms with Crippen molar-refractivity contribution in [2.24, 2.45) is 0 Å². The molecule has 5 aliphatic rings. The predicted octanol–water partition coefficient (Wildman–Crippen LogP) is 4.78. The van der Waals surface area contributed by atoms with Crippen molar-refractivity contribution in [1.29, 1.82) is 0 Å². The number of para-hydroxylation sites is 1. The van der Waals surface area contributed by atoms with Crippen molar-refractivity contribution in [2.45, 2.75) is 103 Å². The topological polar surface area (TPSA) is 255 Å². The number of fused-ring (bicyclic) bond motifs is 7. The summed E-state index contributed by atoms with van der Waals surface area (Å²) in [7, 11) is 0. The zero-order valence-corrected chi connectivity index (χ0v) is 47.3. The number of carbonyl (C=O) groups excluding carboxylic acids is 6. The number of halogens is 1. The molecule has 4 N–H and O–H groups in total. The fraction of sp³-hybridized carbons (Fsp3) is 0.452. The molecule has 4 aliphatic heterocycles. The fourth-order valence-electron chi connectivity index (χ4n) is 11.7. The van der Waals surface area contributed by atoms with Crippen molar-refractivity contribution in [1.82, 2.24) is 30.4 Å². The van der Waals surface area contributed by atoms with E-state index >= 15 is 4.39 Å². The number of likely N-dealkylation sites (tertiary alicyclic amines) is 1. The predicted molar refractivity (Wildman–Crippen MR) is 305 cm³/mol. The van der Waals surface area contributed by atoms with Crippen LogP contribution < -0.4 is 26.4 Å². The molecule has 1 unspecified atom stereocenters. The van der Waals surface area contributed by atoms with Gasteiger partial charge in [0.25, 0.3) is 5.56 Å². The molecule has 22 heteroatoms. The Morgan fingerprint density at radius 1 is 0.786 bits per heavy atom. The molecule has 1 fully saturated rings. The molecule has 6 heterocycles. The van der Waals surface area contributed by atoms with Gasteiger partial charge in [-0.05, 0) is 84.5 Å². The lowest BCUT2D eigenvalue weighted by Gasteiger charge is -2.31. The number of rotatable bonds is 25. The molecule has 0 bridgehead atoms. The molecular formula is C62H70FN7O14. The number of esters is 1. The molecule has 0 spiro atoms. The molecule has 2 aromatic heterocycles. The standard InChI is InChI=1S/C62H70FN7O14/c1-3-62(78)45-31-50-59-43(35-70(50)60(76)44(45)36-84-61(62)77)58-47(17-16-42-38(2)46(63)32-48(67-59)57(42)58)66-53(73)37-83-56-13-8-22-68(56)55(75)33-65-52(72)20-23-79-25-27-81-29-30-82-28-26-80-24-21-64-51(71)18-19-54(74)69-34-41-11-5-4-9-39(41)14-15-40-10-6-7-12-49(40)69/h4-7,9-12,14-15,31-32,47,56,78H,3,8,13,16-30,33-37H2,1-2H3,(H,64,71)(H,65,72)(H,66,73)/b15-14-/t47-,56?,62-/m0/s1. The Balaban J connectivity index is 0.579. The molecule has 5 amide bonds. The number of benzene rings is 3. The highest BCUT2D eigenvalue weighted by Crippen LogP contribution is 2.46. The van der Waals surface area contributed by atoms with Crippen LogP contribution in [-0.2, 0) is 88.9 Å². The zero-order valence-electron chi connectivity index (χ0n) is 47.3. The SMILES string of the molecule is CC[C@@]1(O)C(=O)OCc2c1cc1n(c2=O)Cc2c-1nc1cc(F)c(C)c3c1c2[C@@H](NC(=O)COC1CCCN1C(=O)CNC(=O)CCOCCOCCOCCOCCNC(=O)CCC(=O)N1Cc2ccccc2/C=C\c2ccccc21)CC3. The average Bonchev–Trinajstić information content (AvgIpc) is 3.30. The second-order valence-electron chi connectivity index (χ2n) is 21.4. The maximum Gasteiger partial charge on any atom is 0.343 e. The number of anilines is 1. The first-order valence-electron chi connectivity index (χ1n) is 28.8. The summed E-state index contributed by atoms with van der Waals surface area (Å²) in [6, 6.07) is 18.1. The van der Waals surface area contributed by atoms with E-state index in [0.717, 1.165) is 27.9 Å². The van der Waals surface area contributed by atoms with Gasteiger partial charge < -0.3 is 63.8 Å². The summed E-state index contributed by atoms with van der Waals surface area (Å²) in [6.07, 6.45) is 5.50. The van der Waals surface area contributed by atoms with E-state index in [1.54, 1.807) is 24.8 Å². The Hall–Kier alpha value is -7.73. The van der Waals surface area contributed by atoms with Crippen molar-refractivity contribution < 1.29 is 66.7 Å². The van der Waals surface area contributed by atoms with Gasteiger partial charge in [-0.15, -0.1) is 0 Å². The van der Waals surface area contributed by atoms with Gasteiger partial charge in [-0.25, -0.2) is 14.2 Å². The van der Waals surface area contributed by atoms with Crippen molar-refractivity contribution in [3.8, 4) is 11.4 Å². The Morgan fingerprint density at radius 2 is 1.49 bits per heavy atom. The third-order valence-corrected chi connectivity index (χ3v) is 16.2. The second-order valence-corrected chi connectivity index (χ2v) is 21.4. The van der Waals surface area contributed by atoms with Crippen LogP contribution >= 0.6 is 0 Å². The van der Waals surface area contributed by atoms with E-state index in [0.29, 0.717) is 117 Å². The van der Waals surface area contributed by atoms with E-state index in [-0.39, 0.29) is 107 Å². The van der Waals surface area contributed by atoms with Crippen LogP contribution in [0, 0.1) is 12.7 Å². The molecule has 0 saturated carbocycles. The maximum atomic E-state index is 15.4. The molecule has 1 saturated heterocycles. The van der Waals surface area contributed by atoms with Crippen LogP contribution in [0.5, 0.6) is 0 Å². The molecule has 3 aromatic carbocycles. The number of aryl methyl sites for hydroxylation is 1. The van der Waals surface area contributed by atoms with Crippen LogP contribution in [-0.4, -0.2) is 140 Å². The van der Waals surface area contributed by atoms with Crippen LogP contribution in [0.1, 0.15) is 108 Å². The third-order valence-electron chi connectivity index (χ3n) is 16.2. The Bertz CT molecular complexity index is 3440. The lowest BCUT2D eigenvalue weighted by atomic mass is 9.81. The summed E-state index contributed by atoms with van der Waals surface area (Å²) in [4.78, 5) is 101. The largest absolute Gasteiger partial charge is 0.458 e. The number of hydrogen-bond acceptors (Lipinski definition) is 15. The zero-order chi connectivity index (χ0) is 58.9. The van der Waals surface area contributed by atoms with Crippen LogP contribution in [0.3, 0.4) is 0 Å². The number of nitrogens with zero attached hydrogens (tertiary/aromatic N) is 4. The van der Waals surface area contributed by atoms with E-state index in [1.165, 1.54) is 15.5 Å². The molecule has 3 atom stereocenters. The minimum absolute atomic E-state index is 0.0261. The highest BCUT2D eigenvalue weighted by atomic mass is 19.1. The van der Waals surface area contributed by atoms with Crippen LogP contribution in [0.4, 0.5) is 10.1 Å². The monoisotopic (exact) mass is 1160 g/mol.